The number of aliphatic hydroxyl groups is 1. The summed E-state index contributed by atoms with van der Waals surface area (Å²) in [6.45, 7) is 0. The summed E-state index contributed by atoms with van der Waals surface area (Å²) in [6.07, 6.45) is -0.399. The minimum Gasteiger partial charge on any atom is -0.398 e. The molecule has 2 aromatic carbocycles. The lowest BCUT2D eigenvalue weighted by molar-refractivity contribution is 0.225. The van der Waals surface area contributed by atoms with Gasteiger partial charge in [0.15, 0.2) is 0 Å². The maximum atomic E-state index is 10.0. The summed E-state index contributed by atoms with van der Waals surface area (Å²) in [5, 5.41) is 10.0. The Bertz CT molecular complexity index is 514. The molecule has 0 amide bonds. The van der Waals surface area contributed by atoms with Crippen LogP contribution >= 0.6 is 23.5 Å². The normalized spacial score (nSPS) is 10.9. The van der Waals surface area contributed by atoms with Crippen molar-refractivity contribution in [2.45, 2.75) is 15.9 Å². The molecule has 0 saturated heterocycles. The van der Waals surface area contributed by atoms with E-state index < -0.39 is 6.10 Å². The first kappa shape index (κ1) is 15.1. The van der Waals surface area contributed by atoms with E-state index in [-0.39, 0.29) is 0 Å². The first-order valence-electron chi connectivity index (χ1n) is 6.29. The quantitative estimate of drug-likeness (QED) is 0.565. The first-order chi connectivity index (χ1) is 9.66. The van der Waals surface area contributed by atoms with Crippen molar-refractivity contribution in [3.05, 3.63) is 48.5 Å². The zero-order valence-electron chi connectivity index (χ0n) is 11.0. The molecule has 0 spiro atoms. The second-order valence-corrected chi connectivity index (χ2v) is 6.48. The van der Waals surface area contributed by atoms with Gasteiger partial charge in [-0.05, 0) is 24.3 Å². The van der Waals surface area contributed by atoms with Gasteiger partial charge >= 0.3 is 0 Å². The monoisotopic (exact) mass is 306 g/mol. The van der Waals surface area contributed by atoms with Crippen molar-refractivity contribution in [2.75, 3.05) is 23.0 Å². The average Bonchev–Trinajstić information content (AvgIpc) is 2.45. The maximum absolute atomic E-state index is 10.0. The van der Waals surface area contributed by atoms with Gasteiger partial charge in [-0.2, -0.15) is 0 Å². The van der Waals surface area contributed by atoms with Crippen molar-refractivity contribution in [3.63, 3.8) is 0 Å². The van der Waals surface area contributed by atoms with Gasteiger partial charge in [0, 0.05) is 32.7 Å². The molecule has 2 rings (SSSR count). The van der Waals surface area contributed by atoms with Crippen molar-refractivity contribution in [2.24, 2.45) is 0 Å². The van der Waals surface area contributed by atoms with Gasteiger partial charge in [-0.15, -0.1) is 23.5 Å². The van der Waals surface area contributed by atoms with Gasteiger partial charge < -0.3 is 16.6 Å². The molecule has 0 aliphatic rings. The van der Waals surface area contributed by atoms with Crippen molar-refractivity contribution >= 4 is 34.9 Å². The molecule has 0 aromatic heterocycles. The third-order valence-electron chi connectivity index (χ3n) is 2.70. The third kappa shape index (κ3) is 4.37. The van der Waals surface area contributed by atoms with E-state index in [1.54, 1.807) is 23.5 Å². The Morgan fingerprint density at radius 3 is 1.60 bits per heavy atom. The second kappa shape index (κ2) is 7.47. The van der Waals surface area contributed by atoms with E-state index in [0.29, 0.717) is 11.5 Å². The summed E-state index contributed by atoms with van der Waals surface area (Å²) in [5.41, 5.74) is 13.2. The van der Waals surface area contributed by atoms with Gasteiger partial charge in [-0.25, -0.2) is 0 Å². The molecule has 0 fully saturated rings. The molecule has 0 heterocycles. The fourth-order valence-corrected chi connectivity index (χ4v) is 3.59. The van der Waals surface area contributed by atoms with Gasteiger partial charge in [0.05, 0.1) is 6.10 Å². The summed E-state index contributed by atoms with van der Waals surface area (Å²) in [4.78, 5) is 2.02. The summed E-state index contributed by atoms with van der Waals surface area (Å²) in [5.74, 6) is 1.24. The minimum absolute atomic E-state index is 0.399. The molecule has 106 valence electrons. The number of para-hydroxylation sites is 2. The molecule has 5 heteroatoms. The van der Waals surface area contributed by atoms with Crippen LogP contribution in [-0.4, -0.2) is 22.7 Å². The van der Waals surface area contributed by atoms with Crippen LogP contribution in [0.2, 0.25) is 0 Å². The number of benzene rings is 2. The van der Waals surface area contributed by atoms with Crippen LogP contribution in [0.15, 0.2) is 58.3 Å². The number of hydrogen-bond donors (Lipinski definition) is 3. The lowest BCUT2D eigenvalue weighted by Gasteiger charge is -2.12. The van der Waals surface area contributed by atoms with E-state index in [9.17, 15) is 5.11 Å². The Morgan fingerprint density at radius 2 is 1.20 bits per heavy atom. The number of thioether (sulfide) groups is 2. The van der Waals surface area contributed by atoms with Crippen LogP contribution in [0.1, 0.15) is 0 Å². The lowest BCUT2D eigenvalue weighted by atomic mass is 10.3. The van der Waals surface area contributed by atoms with Crippen LogP contribution in [0.25, 0.3) is 0 Å². The van der Waals surface area contributed by atoms with Gasteiger partial charge in [0.1, 0.15) is 0 Å². The number of hydrogen-bond acceptors (Lipinski definition) is 5. The fourth-order valence-electron chi connectivity index (χ4n) is 1.64. The van der Waals surface area contributed by atoms with Crippen molar-refractivity contribution in [1.29, 1.82) is 0 Å². The third-order valence-corrected chi connectivity index (χ3v) is 5.17. The molecule has 0 radical (unpaired) electrons. The van der Waals surface area contributed by atoms with Crippen LogP contribution < -0.4 is 11.5 Å². The highest BCUT2D eigenvalue weighted by atomic mass is 32.2. The topological polar surface area (TPSA) is 72.3 Å². The van der Waals surface area contributed by atoms with Crippen LogP contribution in [0.5, 0.6) is 0 Å². The smallest absolute Gasteiger partial charge is 0.0727 e. The number of aliphatic hydroxyl groups excluding tert-OH is 1. The largest absolute Gasteiger partial charge is 0.398 e. The Kier molecular flexibility index (Phi) is 5.64. The van der Waals surface area contributed by atoms with E-state index >= 15 is 0 Å². The van der Waals surface area contributed by atoms with Gasteiger partial charge in [0.2, 0.25) is 0 Å². The molecule has 2 aromatic rings. The number of anilines is 2. The number of nitrogen functional groups attached to an aromatic ring is 2. The molecule has 0 aliphatic carbocycles. The zero-order valence-corrected chi connectivity index (χ0v) is 12.7. The Hall–Kier alpha value is -1.30. The number of rotatable bonds is 6. The average molecular weight is 306 g/mol. The number of nitrogens with two attached hydrogens (primary N) is 2. The Balaban J connectivity index is 1.80. The molecule has 5 N–H and O–H groups in total. The highest BCUT2D eigenvalue weighted by Crippen LogP contribution is 2.28. The Labute approximate surface area is 127 Å². The molecule has 0 unspecified atom stereocenters. The molecule has 0 saturated carbocycles. The first-order valence-corrected chi connectivity index (χ1v) is 8.26. The molecule has 3 nitrogen and oxygen atoms in total. The molecule has 20 heavy (non-hydrogen) atoms. The highest BCUT2D eigenvalue weighted by molar-refractivity contribution is 8.00. The van der Waals surface area contributed by atoms with Crippen LogP contribution in [-0.2, 0) is 0 Å². The zero-order chi connectivity index (χ0) is 14.4. The lowest BCUT2D eigenvalue weighted by Crippen LogP contribution is -2.13. The summed E-state index contributed by atoms with van der Waals surface area (Å²) < 4.78 is 0. The molecular weight excluding hydrogens is 288 g/mol. The van der Waals surface area contributed by atoms with Gasteiger partial charge in [-0.3, -0.25) is 0 Å². The van der Waals surface area contributed by atoms with E-state index in [1.165, 1.54) is 0 Å². The van der Waals surface area contributed by atoms with Crippen molar-refractivity contribution in [1.82, 2.24) is 0 Å². The summed E-state index contributed by atoms with van der Waals surface area (Å²) >= 11 is 3.15. The predicted octanol–water partition coefficient (Wildman–Crippen LogP) is 3.10. The van der Waals surface area contributed by atoms with E-state index in [1.807, 2.05) is 48.5 Å². The van der Waals surface area contributed by atoms with Gasteiger partial charge in [0.25, 0.3) is 0 Å². The summed E-state index contributed by atoms with van der Waals surface area (Å²) in [7, 11) is 0. The maximum Gasteiger partial charge on any atom is 0.0727 e. The van der Waals surface area contributed by atoms with Crippen molar-refractivity contribution < 1.29 is 5.11 Å². The van der Waals surface area contributed by atoms with Crippen LogP contribution in [0, 0.1) is 0 Å². The highest BCUT2D eigenvalue weighted by Gasteiger charge is 2.08. The van der Waals surface area contributed by atoms with Gasteiger partial charge in [-0.1, -0.05) is 24.3 Å². The molecule has 0 atom stereocenters. The SMILES string of the molecule is Nc1ccccc1SCC(O)CSc1ccccc1N. The molecule has 0 bridgehead atoms. The van der Waals surface area contributed by atoms with Crippen LogP contribution in [0.3, 0.4) is 0 Å². The van der Waals surface area contributed by atoms with E-state index in [2.05, 4.69) is 0 Å². The van der Waals surface area contributed by atoms with Crippen molar-refractivity contribution in [3.8, 4) is 0 Å². The second-order valence-electron chi connectivity index (χ2n) is 4.35. The van der Waals surface area contributed by atoms with Crippen LogP contribution in [0.4, 0.5) is 11.4 Å². The molecule has 0 aliphatic heterocycles. The fraction of sp³-hybridized carbons (Fsp3) is 0.200. The predicted molar refractivity (Wildman–Crippen MR) is 89.2 cm³/mol. The summed E-state index contributed by atoms with van der Waals surface area (Å²) in [6, 6.07) is 15.4. The van der Waals surface area contributed by atoms with E-state index in [4.69, 9.17) is 11.5 Å². The standard InChI is InChI=1S/C15H18N2OS2/c16-12-5-1-3-7-14(12)19-9-11(18)10-20-15-8-4-2-6-13(15)17/h1-8,11,18H,9-10,16-17H2. The molecular formula is C15H18N2OS2. The van der Waals surface area contributed by atoms with E-state index in [0.717, 1.165) is 21.2 Å². The minimum atomic E-state index is -0.399. The Morgan fingerprint density at radius 1 is 0.800 bits per heavy atom.